The maximum absolute atomic E-state index is 12.6. The van der Waals surface area contributed by atoms with Crippen LogP contribution in [0.5, 0.6) is 0 Å². The van der Waals surface area contributed by atoms with Crippen LogP contribution in [-0.4, -0.2) is 36.4 Å². The average molecular weight is 365 g/mol. The van der Waals surface area contributed by atoms with E-state index in [-0.39, 0.29) is 5.91 Å². The molecule has 0 aliphatic rings. The molecule has 0 fully saturated rings. The number of amides is 1. The van der Waals surface area contributed by atoms with Crippen LogP contribution in [0.1, 0.15) is 41.8 Å². The molecule has 0 spiro atoms. The lowest BCUT2D eigenvalue weighted by Gasteiger charge is -2.16. The van der Waals surface area contributed by atoms with Gasteiger partial charge in [0.05, 0.1) is 5.60 Å². The van der Waals surface area contributed by atoms with Gasteiger partial charge in [-0.05, 0) is 50.5 Å². The standard InChI is InChI=1S/C20H23N5O2/c1-20(2,27)9-8-15-5-3-6-16(11-15)19(26)23-12-17-7-4-10-22-18(17)25-14-21-13-24-25/h3-7,10-11,13-14,27H,8-9,12H2,1-2H3,(H,23,26). The van der Waals surface area contributed by atoms with Gasteiger partial charge in [0.2, 0.25) is 0 Å². The first kappa shape index (κ1) is 18.7. The lowest BCUT2D eigenvalue weighted by Crippen LogP contribution is -2.24. The molecule has 0 aliphatic heterocycles. The summed E-state index contributed by atoms with van der Waals surface area (Å²) < 4.78 is 1.57. The monoisotopic (exact) mass is 365 g/mol. The molecule has 0 aliphatic carbocycles. The van der Waals surface area contributed by atoms with E-state index in [0.29, 0.717) is 30.8 Å². The number of hydrogen-bond donors (Lipinski definition) is 2. The third-order valence-corrected chi connectivity index (χ3v) is 4.16. The highest BCUT2D eigenvalue weighted by molar-refractivity contribution is 5.94. The average Bonchev–Trinajstić information content (AvgIpc) is 3.19. The fourth-order valence-corrected chi connectivity index (χ4v) is 2.69. The zero-order chi connectivity index (χ0) is 19.3. The van der Waals surface area contributed by atoms with E-state index in [4.69, 9.17) is 0 Å². The molecular weight excluding hydrogens is 342 g/mol. The van der Waals surface area contributed by atoms with Gasteiger partial charge in [-0.3, -0.25) is 4.79 Å². The van der Waals surface area contributed by atoms with Crippen LogP contribution in [0, 0.1) is 0 Å². The van der Waals surface area contributed by atoms with Gasteiger partial charge in [0.15, 0.2) is 5.82 Å². The largest absolute Gasteiger partial charge is 0.390 e. The summed E-state index contributed by atoms with van der Waals surface area (Å²) in [6.45, 7) is 3.89. The second-order valence-electron chi connectivity index (χ2n) is 7.02. The van der Waals surface area contributed by atoms with Crippen LogP contribution in [0.2, 0.25) is 0 Å². The Balaban J connectivity index is 1.67. The van der Waals surface area contributed by atoms with Crippen molar-refractivity contribution in [2.75, 3.05) is 0 Å². The van der Waals surface area contributed by atoms with Gasteiger partial charge in [-0.2, -0.15) is 5.10 Å². The number of aliphatic hydroxyl groups is 1. The molecule has 7 heteroatoms. The summed E-state index contributed by atoms with van der Waals surface area (Å²) in [7, 11) is 0. The van der Waals surface area contributed by atoms with Crippen molar-refractivity contribution >= 4 is 5.91 Å². The summed E-state index contributed by atoms with van der Waals surface area (Å²) in [6, 6.07) is 11.2. The van der Waals surface area contributed by atoms with E-state index in [9.17, 15) is 9.90 Å². The Bertz CT molecular complexity index is 901. The predicted molar refractivity (Wildman–Crippen MR) is 101 cm³/mol. The van der Waals surface area contributed by atoms with E-state index < -0.39 is 5.60 Å². The summed E-state index contributed by atoms with van der Waals surface area (Å²) in [6.07, 6.45) is 6.03. The predicted octanol–water partition coefficient (Wildman–Crippen LogP) is 2.30. The number of aryl methyl sites for hydroxylation is 1. The van der Waals surface area contributed by atoms with Crippen LogP contribution < -0.4 is 5.32 Å². The fourth-order valence-electron chi connectivity index (χ4n) is 2.69. The SMILES string of the molecule is CC(C)(O)CCc1cccc(C(=O)NCc2cccnc2-n2cncn2)c1. The van der Waals surface area contributed by atoms with Gasteiger partial charge in [-0.1, -0.05) is 18.2 Å². The summed E-state index contributed by atoms with van der Waals surface area (Å²) in [5.41, 5.74) is 1.73. The Morgan fingerprint density at radius 1 is 1.26 bits per heavy atom. The number of rotatable bonds is 7. The number of aromatic nitrogens is 4. The lowest BCUT2D eigenvalue weighted by molar-refractivity contribution is 0.0714. The van der Waals surface area contributed by atoms with Crippen molar-refractivity contribution in [1.29, 1.82) is 0 Å². The highest BCUT2D eigenvalue weighted by atomic mass is 16.3. The molecule has 2 N–H and O–H groups in total. The molecule has 1 amide bonds. The summed E-state index contributed by atoms with van der Waals surface area (Å²) in [5, 5.41) is 16.9. The summed E-state index contributed by atoms with van der Waals surface area (Å²) in [4.78, 5) is 20.8. The number of nitrogens with one attached hydrogen (secondary N) is 1. The fraction of sp³-hybridized carbons (Fsp3) is 0.300. The highest BCUT2D eigenvalue weighted by Crippen LogP contribution is 2.15. The molecular formula is C20H23N5O2. The van der Waals surface area contributed by atoms with Gasteiger partial charge >= 0.3 is 0 Å². The molecule has 0 bridgehead atoms. The number of nitrogens with zero attached hydrogens (tertiary/aromatic N) is 4. The van der Waals surface area contributed by atoms with Gasteiger partial charge in [-0.15, -0.1) is 0 Å². The van der Waals surface area contributed by atoms with Gasteiger partial charge in [0, 0.05) is 23.9 Å². The quantitative estimate of drug-likeness (QED) is 0.670. The summed E-state index contributed by atoms with van der Waals surface area (Å²) in [5.74, 6) is 0.475. The first-order valence-electron chi connectivity index (χ1n) is 8.81. The minimum Gasteiger partial charge on any atom is -0.390 e. The molecule has 7 nitrogen and oxygen atoms in total. The van der Waals surface area contributed by atoms with Crippen molar-refractivity contribution in [1.82, 2.24) is 25.1 Å². The zero-order valence-corrected chi connectivity index (χ0v) is 15.5. The number of carbonyl (C=O) groups excluding carboxylic acids is 1. The molecule has 2 aromatic heterocycles. The first-order chi connectivity index (χ1) is 12.9. The third-order valence-electron chi connectivity index (χ3n) is 4.16. The second kappa shape index (κ2) is 8.09. The molecule has 27 heavy (non-hydrogen) atoms. The first-order valence-corrected chi connectivity index (χ1v) is 8.81. The molecule has 0 saturated heterocycles. The van der Waals surface area contributed by atoms with Crippen molar-refractivity contribution in [2.45, 2.75) is 38.8 Å². The van der Waals surface area contributed by atoms with Crippen molar-refractivity contribution in [2.24, 2.45) is 0 Å². The van der Waals surface area contributed by atoms with Crippen molar-refractivity contribution < 1.29 is 9.90 Å². The van der Waals surface area contributed by atoms with Crippen molar-refractivity contribution in [3.8, 4) is 5.82 Å². The van der Waals surface area contributed by atoms with Gasteiger partial charge < -0.3 is 10.4 Å². The van der Waals surface area contributed by atoms with E-state index >= 15 is 0 Å². The molecule has 2 heterocycles. The Morgan fingerprint density at radius 2 is 2.11 bits per heavy atom. The Kier molecular flexibility index (Phi) is 5.61. The molecule has 0 saturated carbocycles. The molecule has 0 radical (unpaired) electrons. The highest BCUT2D eigenvalue weighted by Gasteiger charge is 2.14. The number of carbonyl (C=O) groups is 1. The maximum atomic E-state index is 12.6. The minimum absolute atomic E-state index is 0.159. The van der Waals surface area contributed by atoms with Crippen molar-refractivity contribution in [3.05, 3.63) is 71.9 Å². The Hall–Kier alpha value is -3.06. The maximum Gasteiger partial charge on any atom is 0.251 e. The van der Waals surface area contributed by atoms with E-state index in [1.807, 2.05) is 30.3 Å². The smallest absolute Gasteiger partial charge is 0.251 e. The van der Waals surface area contributed by atoms with Gasteiger partial charge in [0.25, 0.3) is 5.91 Å². The van der Waals surface area contributed by atoms with Crippen LogP contribution in [0.15, 0.2) is 55.2 Å². The van der Waals surface area contributed by atoms with E-state index in [1.54, 1.807) is 37.1 Å². The van der Waals surface area contributed by atoms with Crippen LogP contribution in [-0.2, 0) is 13.0 Å². The number of hydrogen-bond acceptors (Lipinski definition) is 5. The molecule has 3 rings (SSSR count). The van der Waals surface area contributed by atoms with E-state index in [1.165, 1.54) is 6.33 Å². The van der Waals surface area contributed by atoms with Crippen LogP contribution >= 0.6 is 0 Å². The molecule has 0 atom stereocenters. The summed E-state index contributed by atoms with van der Waals surface area (Å²) >= 11 is 0. The van der Waals surface area contributed by atoms with Gasteiger partial charge in [0.1, 0.15) is 12.7 Å². The second-order valence-corrected chi connectivity index (χ2v) is 7.02. The number of pyridine rings is 1. The van der Waals surface area contributed by atoms with Crippen LogP contribution in [0.3, 0.4) is 0 Å². The van der Waals surface area contributed by atoms with Crippen LogP contribution in [0.4, 0.5) is 0 Å². The Morgan fingerprint density at radius 3 is 2.85 bits per heavy atom. The molecule has 3 aromatic rings. The third kappa shape index (κ3) is 5.21. The zero-order valence-electron chi connectivity index (χ0n) is 15.5. The van der Waals surface area contributed by atoms with E-state index in [2.05, 4.69) is 20.4 Å². The molecule has 140 valence electrons. The topological polar surface area (TPSA) is 92.9 Å². The Labute approximate surface area is 158 Å². The molecule has 0 unspecified atom stereocenters. The van der Waals surface area contributed by atoms with E-state index in [0.717, 1.165) is 11.1 Å². The van der Waals surface area contributed by atoms with Gasteiger partial charge in [-0.25, -0.2) is 14.6 Å². The molecule has 1 aromatic carbocycles. The van der Waals surface area contributed by atoms with Crippen LogP contribution in [0.25, 0.3) is 5.82 Å². The number of benzene rings is 1. The minimum atomic E-state index is -0.726. The van der Waals surface area contributed by atoms with Crippen molar-refractivity contribution in [3.63, 3.8) is 0 Å². The normalized spacial score (nSPS) is 11.4. The lowest BCUT2D eigenvalue weighted by atomic mass is 9.98.